The van der Waals surface area contributed by atoms with Gasteiger partial charge in [-0.25, -0.2) is 0 Å². The van der Waals surface area contributed by atoms with Crippen molar-refractivity contribution in [3.05, 3.63) is 36.0 Å². The van der Waals surface area contributed by atoms with Gasteiger partial charge in [0.2, 0.25) is 17.7 Å². The van der Waals surface area contributed by atoms with Gasteiger partial charge in [-0.05, 0) is 30.4 Å². The van der Waals surface area contributed by atoms with Crippen LogP contribution >= 0.6 is 7.60 Å². The van der Waals surface area contributed by atoms with Crippen molar-refractivity contribution in [1.29, 1.82) is 0 Å². The third kappa shape index (κ3) is 5.97. The van der Waals surface area contributed by atoms with E-state index in [1.807, 2.05) is 38.1 Å². The normalized spacial score (nSPS) is 18.4. The van der Waals surface area contributed by atoms with Crippen LogP contribution in [0.2, 0.25) is 0 Å². The fourth-order valence-corrected chi connectivity index (χ4v) is 4.54. The number of carbonyl (C=O) groups excluding carboxylic acids is 3. The van der Waals surface area contributed by atoms with Crippen LogP contribution in [-0.4, -0.2) is 50.4 Å². The Morgan fingerprint density at radius 1 is 1.22 bits per heavy atom. The van der Waals surface area contributed by atoms with Crippen LogP contribution in [0.3, 0.4) is 0 Å². The maximum Gasteiger partial charge on any atom is 0.347 e. The summed E-state index contributed by atoms with van der Waals surface area (Å²) in [4.78, 5) is 59.7. The summed E-state index contributed by atoms with van der Waals surface area (Å²) < 4.78 is 12.2. The zero-order valence-electron chi connectivity index (χ0n) is 18.0. The summed E-state index contributed by atoms with van der Waals surface area (Å²) in [5.41, 5.74) is 1.48. The van der Waals surface area contributed by atoms with E-state index in [2.05, 4.69) is 20.9 Å². The first kappa shape index (κ1) is 24.0. The molecular formula is C21H29N4O6P. The van der Waals surface area contributed by atoms with E-state index in [1.165, 1.54) is 0 Å². The molecule has 3 rings (SSSR count). The second-order valence-electron chi connectivity index (χ2n) is 8.53. The summed E-state index contributed by atoms with van der Waals surface area (Å²) in [7, 11) is -4.70. The zero-order chi connectivity index (χ0) is 23.5. The average molecular weight is 464 g/mol. The first-order chi connectivity index (χ1) is 15.0. The number of para-hydroxylation sites is 1. The highest BCUT2D eigenvalue weighted by atomic mass is 31.2. The molecule has 11 heteroatoms. The third-order valence-corrected chi connectivity index (χ3v) is 6.58. The Hall–Kier alpha value is -2.68. The predicted molar refractivity (Wildman–Crippen MR) is 119 cm³/mol. The summed E-state index contributed by atoms with van der Waals surface area (Å²) >= 11 is 0. The molecule has 174 valence electrons. The number of hydrogen-bond donors (Lipinski definition) is 6. The monoisotopic (exact) mass is 464 g/mol. The molecule has 0 spiro atoms. The third-order valence-electron chi connectivity index (χ3n) is 5.45. The number of fused-ring (bicyclic) bond motifs is 1. The maximum atomic E-state index is 13.0. The fraction of sp³-hybridized carbons (Fsp3) is 0.476. The maximum absolute atomic E-state index is 13.0. The van der Waals surface area contributed by atoms with Crippen molar-refractivity contribution < 1.29 is 28.7 Å². The molecule has 0 bridgehead atoms. The smallest absolute Gasteiger partial charge is 0.347 e. The molecule has 2 aromatic rings. The zero-order valence-corrected chi connectivity index (χ0v) is 18.9. The predicted octanol–water partition coefficient (Wildman–Crippen LogP) is 1.14. The molecule has 0 unspecified atom stereocenters. The van der Waals surface area contributed by atoms with Crippen LogP contribution in [0.1, 0.15) is 38.7 Å². The van der Waals surface area contributed by atoms with E-state index in [1.54, 1.807) is 6.20 Å². The molecule has 2 heterocycles. The second kappa shape index (κ2) is 9.85. The van der Waals surface area contributed by atoms with Gasteiger partial charge >= 0.3 is 7.60 Å². The van der Waals surface area contributed by atoms with Crippen molar-refractivity contribution in [1.82, 2.24) is 20.9 Å². The lowest BCUT2D eigenvalue weighted by Crippen LogP contribution is -2.54. The molecule has 1 aromatic carbocycles. The quantitative estimate of drug-likeness (QED) is 0.305. The Labute approximate surface area is 185 Å². The molecule has 0 aliphatic carbocycles. The number of rotatable bonds is 9. The molecule has 1 saturated heterocycles. The van der Waals surface area contributed by atoms with Gasteiger partial charge in [0.05, 0.1) is 0 Å². The minimum Gasteiger partial charge on any atom is -0.361 e. The highest BCUT2D eigenvalue weighted by Gasteiger charge is 2.35. The van der Waals surface area contributed by atoms with Gasteiger partial charge in [0, 0.05) is 29.9 Å². The van der Waals surface area contributed by atoms with Gasteiger partial charge in [-0.1, -0.05) is 32.0 Å². The van der Waals surface area contributed by atoms with Gasteiger partial charge in [0.25, 0.3) is 0 Å². The van der Waals surface area contributed by atoms with E-state index >= 15 is 0 Å². The van der Waals surface area contributed by atoms with Gasteiger partial charge in [0.1, 0.15) is 17.9 Å². The first-order valence-corrected chi connectivity index (χ1v) is 12.2. The molecule has 0 radical (unpaired) electrons. The number of aromatic amines is 1. The number of nitrogens with one attached hydrogen (secondary N) is 4. The first-order valence-electron chi connectivity index (χ1n) is 10.5. The van der Waals surface area contributed by atoms with Crippen molar-refractivity contribution in [3.63, 3.8) is 0 Å². The van der Waals surface area contributed by atoms with E-state index in [0.717, 1.165) is 10.9 Å². The summed E-state index contributed by atoms with van der Waals surface area (Å²) in [5.74, 6) is -2.81. The molecule has 32 heavy (non-hydrogen) atoms. The topological polar surface area (TPSA) is 161 Å². The van der Waals surface area contributed by atoms with E-state index in [-0.39, 0.29) is 31.1 Å². The standard InChI is InChI=1S/C21H29N4O6P/c1-12(2)9-17(24-20(27)16-7-8-18(26)23-16)21(28)25-19(32(29,30)31)10-13-11-22-15-6-4-3-5-14(13)15/h3-6,11-12,16-17,19,22H,7-10H2,1-2H3,(H,23,26)(H,24,27)(H,25,28)(H2,29,30,31)/t16-,17-,19+/m0/s1. The fourth-order valence-electron chi connectivity index (χ4n) is 3.81. The van der Waals surface area contributed by atoms with Crippen LogP contribution in [-0.2, 0) is 25.4 Å². The van der Waals surface area contributed by atoms with Crippen molar-refractivity contribution in [3.8, 4) is 0 Å². The number of H-pyrrole nitrogens is 1. The minimum absolute atomic E-state index is 0.0337. The van der Waals surface area contributed by atoms with Gasteiger partial charge in [-0.3, -0.25) is 18.9 Å². The van der Waals surface area contributed by atoms with Crippen LogP contribution in [0.25, 0.3) is 10.9 Å². The number of hydrogen-bond acceptors (Lipinski definition) is 4. The van der Waals surface area contributed by atoms with Crippen molar-refractivity contribution in [2.24, 2.45) is 5.92 Å². The number of aromatic nitrogens is 1. The lowest BCUT2D eigenvalue weighted by atomic mass is 10.0. The van der Waals surface area contributed by atoms with Gasteiger partial charge in [0.15, 0.2) is 0 Å². The lowest BCUT2D eigenvalue weighted by Gasteiger charge is -2.26. The van der Waals surface area contributed by atoms with Crippen LogP contribution in [0.5, 0.6) is 0 Å². The Balaban J connectivity index is 1.75. The number of benzene rings is 1. The molecule has 10 nitrogen and oxygen atoms in total. The van der Waals surface area contributed by atoms with Crippen LogP contribution in [0, 0.1) is 5.92 Å². The van der Waals surface area contributed by atoms with Crippen molar-refractivity contribution in [2.75, 3.05) is 0 Å². The van der Waals surface area contributed by atoms with Crippen LogP contribution < -0.4 is 16.0 Å². The number of amides is 3. The Bertz CT molecular complexity index is 1050. The highest BCUT2D eigenvalue weighted by molar-refractivity contribution is 7.52. The number of carbonyl (C=O) groups is 3. The van der Waals surface area contributed by atoms with E-state index < -0.39 is 37.3 Å². The molecule has 1 fully saturated rings. The Morgan fingerprint density at radius 3 is 2.56 bits per heavy atom. The molecule has 1 aromatic heterocycles. The summed E-state index contributed by atoms with van der Waals surface area (Å²) in [6, 6.07) is 5.64. The van der Waals surface area contributed by atoms with Gasteiger partial charge in [-0.15, -0.1) is 0 Å². The lowest BCUT2D eigenvalue weighted by molar-refractivity contribution is -0.131. The van der Waals surface area contributed by atoms with E-state index in [4.69, 9.17) is 0 Å². The molecule has 0 saturated carbocycles. The van der Waals surface area contributed by atoms with Crippen LogP contribution in [0.4, 0.5) is 0 Å². The average Bonchev–Trinajstić information content (AvgIpc) is 3.32. The molecule has 6 N–H and O–H groups in total. The highest BCUT2D eigenvalue weighted by Crippen LogP contribution is 2.42. The van der Waals surface area contributed by atoms with Crippen LogP contribution in [0.15, 0.2) is 30.5 Å². The molecule has 3 atom stereocenters. The van der Waals surface area contributed by atoms with Crippen molar-refractivity contribution >= 4 is 36.2 Å². The van der Waals surface area contributed by atoms with Gasteiger partial charge in [-0.2, -0.15) is 0 Å². The molecular weight excluding hydrogens is 435 g/mol. The SMILES string of the molecule is CC(C)C[C@H](NC(=O)[C@@H]1CCC(=O)N1)C(=O)N[C@@H](Cc1c[nH]c2ccccc12)P(=O)(O)O. The van der Waals surface area contributed by atoms with E-state index in [0.29, 0.717) is 12.0 Å². The minimum atomic E-state index is -4.70. The second-order valence-corrected chi connectivity index (χ2v) is 10.3. The van der Waals surface area contributed by atoms with Gasteiger partial charge < -0.3 is 30.7 Å². The molecule has 1 aliphatic rings. The van der Waals surface area contributed by atoms with Crippen molar-refractivity contribution in [2.45, 2.75) is 57.4 Å². The summed E-state index contributed by atoms with van der Waals surface area (Å²) in [6.07, 6.45) is 2.44. The molecule has 1 aliphatic heterocycles. The summed E-state index contributed by atoms with van der Waals surface area (Å²) in [6.45, 7) is 3.74. The molecule has 3 amide bonds. The Morgan fingerprint density at radius 2 is 1.94 bits per heavy atom. The Kier molecular flexibility index (Phi) is 7.38. The van der Waals surface area contributed by atoms with E-state index in [9.17, 15) is 28.7 Å². The summed E-state index contributed by atoms with van der Waals surface area (Å²) in [5, 5.41) is 8.44. The largest absolute Gasteiger partial charge is 0.361 e.